The van der Waals surface area contributed by atoms with E-state index in [1.54, 1.807) is 22.7 Å². The van der Waals surface area contributed by atoms with Gasteiger partial charge in [-0.05, 0) is 30.9 Å². The minimum absolute atomic E-state index is 0.124. The summed E-state index contributed by atoms with van der Waals surface area (Å²) in [4.78, 5) is 14.4. The van der Waals surface area contributed by atoms with Gasteiger partial charge in [-0.15, -0.1) is 32.9 Å². The fraction of sp³-hybridized carbons (Fsp3) is 0.154. The smallest absolute Gasteiger partial charge is 0.258 e. The summed E-state index contributed by atoms with van der Waals surface area (Å²) < 4.78 is 0. The molecular formula is C13H11N3OS3. The first-order chi connectivity index (χ1) is 9.65. The molecule has 3 heterocycles. The van der Waals surface area contributed by atoms with E-state index in [-0.39, 0.29) is 5.91 Å². The Kier molecular flexibility index (Phi) is 3.64. The molecule has 20 heavy (non-hydrogen) atoms. The molecule has 0 atom stereocenters. The Labute approximate surface area is 128 Å². The van der Waals surface area contributed by atoms with Gasteiger partial charge >= 0.3 is 0 Å². The minimum atomic E-state index is -0.124. The zero-order valence-corrected chi connectivity index (χ0v) is 13.3. The van der Waals surface area contributed by atoms with Crippen molar-refractivity contribution in [3.05, 3.63) is 38.9 Å². The molecule has 0 aliphatic carbocycles. The van der Waals surface area contributed by atoms with E-state index in [1.165, 1.54) is 11.3 Å². The predicted octanol–water partition coefficient (Wildman–Crippen LogP) is 4.20. The van der Waals surface area contributed by atoms with Crippen LogP contribution >= 0.6 is 34.0 Å². The van der Waals surface area contributed by atoms with Gasteiger partial charge in [-0.2, -0.15) is 0 Å². The summed E-state index contributed by atoms with van der Waals surface area (Å²) >= 11 is 4.57. The van der Waals surface area contributed by atoms with Crippen molar-refractivity contribution in [3.8, 4) is 9.88 Å². The van der Waals surface area contributed by atoms with E-state index in [1.807, 2.05) is 36.7 Å². The lowest BCUT2D eigenvalue weighted by Crippen LogP contribution is -2.12. The van der Waals surface area contributed by atoms with Gasteiger partial charge < -0.3 is 0 Å². The van der Waals surface area contributed by atoms with E-state index in [4.69, 9.17) is 0 Å². The highest BCUT2D eigenvalue weighted by atomic mass is 32.1. The lowest BCUT2D eigenvalue weighted by atomic mass is 10.2. The van der Waals surface area contributed by atoms with Gasteiger partial charge in [0, 0.05) is 10.3 Å². The van der Waals surface area contributed by atoms with Crippen molar-refractivity contribution < 1.29 is 4.79 Å². The van der Waals surface area contributed by atoms with Crippen LogP contribution in [0.1, 0.15) is 20.8 Å². The maximum absolute atomic E-state index is 12.2. The summed E-state index contributed by atoms with van der Waals surface area (Å²) in [7, 11) is 0. The maximum Gasteiger partial charge on any atom is 0.258 e. The molecule has 0 aliphatic heterocycles. The zero-order valence-electron chi connectivity index (χ0n) is 10.8. The molecule has 3 aromatic rings. The third kappa shape index (κ3) is 2.52. The van der Waals surface area contributed by atoms with Crippen LogP contribution in [0.5, 0.6) is 0 Å². The second kappa shape index (κ2) is 5.43. The normalized spacial score (nSPS) is 10.7. The van der Waals surface area contributed by atoms with Gasteiger partial charge in [0.2, 0.25) is 5.13 Å². The number of rotatable bonds is 3. The van der Waals surface area contributed by atoms with Crippen LogP contribution < -0.4 is 5.32 Å². The summed E-state index contributed by atoms with van der Waals surface area (Å²) in [6.07, 6.45) is 0. The summed E-state index contributed by atoms with van der Waals surface area (Å²) in [5.41, 5.74) is 1.73. The average Bonchev–Trinajstić information content (AvgIpc) is 3.12. The summed E-state index contributed by atoms with van der Waals surface area (Å²) in [5.74, 6) is -0.124. The molecule has 4 nitrogen and oxygen atoms in total. The van der Waals surface area contributed by atoms with Gasteiger partial charge in [0.05, 0.1) is 10.4 Å². The molecule has 0 aromatic carbocycles. The van der Waals surface area contributed by atoms with Crippen molar-refractivity contribution in [1.29, 1.82) is 0 Å². The van der Waals surface area contributed by atoms with E-state index in [2.05, 4.69) is 15.5 Å². The Morgan fingerprint density at radius 2 is 2.10 bits per heavy atom. The number of amides is 1. The molecule has 0 aliphatic rings. The third-order valence-electron chi connectivity index (χ3n) is 2.91. The molecule has 0 saturated heterocycles. The number of nitrogens with zero attached hydrogens (tertiary/aromatic N) is 2. The SMILES string of the molecule is Cc1scc(C(=O)Nc2nnc(-c3cccs3)s2)c1C. The number of anilines is 1. The quantitative estimate of drug-likeness (QED) is 0.786. The van der Waals surface area contributed by atoms with Gasteiger partial charge in [-0.25, -0.2) is 0 Å². The summed E-state index contributed by atoms with van der Waals surface area (Å²) in [5, 5.41) is 16.2. The largest absolute Gasteiger partial charge is 0.296 e. The number of carbonyl (C=O) groups excluding carboxylic acids is 1. The number of thiophene rings is 2. The Bertz CT molecular complexity index is 743. The first-order valence-electron chi connectivity index (χ1n) is 5.88. The van der Waals surface area contributed by atoms with E-state index < -0.39 is 0 Å². The highest BCUT2D eigenvalue weighted by molar-refractivity contribution is 7.23. The van der Waals surface area contributed by atoms with Gasteiger partial charge in [-0.3, -0.25) is 10.1 Å². The van der Waals surface area contributed by atoms with Gasteiger partial charge in [-0.1, -0.05) is 17.4 Å². The van der Waals surface area contributed by atoms with Gasteiger partial charge in [0.15, 0.2) is 5.01 Å². The number of hydrogen-bond acceptors (Lipinski definition) is 6. The molecule has 1 amide bonds. The van der Waals surface area contributed by atoms with E-state index in [9.17, 15) is 4.79 Å². The van der Waals surface area contributed by atoms with Crippen LogP contribution in [-0.4, -0.2) is 16.1 Å². The lowest BCUT2D eigenvalue weighted by molar-refractivity contribution is 0.102. The summed E-state index contributed by atoms with van der Waals surface area (Å²) in [6.45, 7) is 3.97. The minimum Gasteiger partial charge on any atom is -0.296 e. The second-order valence-corrected chi connectivity index (χ2v) is 7.18. The predicted molar refractivity (Wildman–Crippen MR) is 85.0 cm³/mol. The Balaban J connectivity index is 1.78. The third-order valence-corrected chi connectivity index (χ3v) is 5.80. The molecule has 0 radical (unpaired) electrons. The molecule has 0 saturated carbocycles. The topological polar surface area (TPSA) is 54.9 Å². The molecule has 0 unspecified atom stereocenters. The molecule has 102 valence electrons. The van der Waals surface area contributed by atoms with Crippen molar-refractivity contribution in [1.82, 2.24) is 10.2 Å². The fourth-order valence-electron chi connectivity index (χ4n) is 1.68. The van der Waals surface area contributed by atoms with E-state index in [0.717, 1.165) is 20.3 Å². The first kappa shape index (κ1) is 13.4. The number of aromatic nitrogens is 2. The fourth-order valence-corrected chi connectivity index (χ4v) is 4.07. The highest BCUT2D eigenvalue weighted by Crippen LogP contribution is 2.30. The standard InChI is InChI=1S/C13H11N3OS3/c1-7-8(2)19-6-9(7)11(17)14-13-16-15-12(20-13)10-4-3-5-18-10/h3-6H,1-2H3,(H,14,16,17). The Morgan fingerprint density at radius 3 is 2.75 bits per heavy atom. The van der Waals surface area contributed by atoms with Crippen molar-refractivity contribution in [2.24, 2.45) is 0 Å². The van der Waals surface area contributed by atoms with Crippen LogP contribution in [0.25, 0.3) is 9.88 Å². The first-order valence-corrected chi connectivity index (χ1v) is 8.46. The van der Waals surface area contributed by atoms with Crippen molar-refractivity contribution in [3.63, 3.8) is 0 Å². The Hall–Kier alpha value is -1.57. The van der Waals surface area contributed by atoms with Crippen LogP contribution in [0, 0.1) is 13.8 Å². The van der Waals surface area contributed by atoms with Crippen molar-refractivity contribution in [2.45, 2.75) is 13.8 Å². The average molecular weight is 321 g/mol. The Morgan fingerprint density at radius 1 is 1.25 bits per heavy atom. The van der Waals surface area contributed by atoms with E-state index >= 15 is 0 Å². The van der Waals surface area contributed by atoms with Crippen LogP contribution in [0.4, 0.5) is 5.13 Å². The zero-order chi connectivity index (χ0) is 14.1. The molecule has 1 N–H and O–H groups in total. The molecule has 3 aromatic heterocycles. The highest BCUT2D eigenvalue weighted by Gasteiger charge is 2.15. The van der Waals surface area contributed by atoms with Crippen LogP contribution in [0.2, 0.25) is 0 Å². The van der Waals surface area contributed by atoms with Crippen molar-refractivity contribution in [2.75, 3.05) is 5.32 Å². The van der Waals surface area contributed by atoms with Crippen LogP contribution in [-0.2, 0) is 0 Å². The molecule has 0 spiro atoms. The van der Waals surface area contributed by atoms with Crippen LogP contribution in [0.3, 0.4) is 0 Å². The van der Waals surface area contributed by atoms with E-state index in [0.29, 0.717) is 10.7 Å². The number of aryl methyl sites for hydroxylation is 1. The number of nitrogens with one attached hydrogen (secondary N) is 1. The molecule has 0 fully saturated rings. The molecule has 0 bridgehead atoms. The number of carbonyl (C=O) groups is 1. The molecule has 7 heteroatoms. The number of hydrogen-bond donors (Lipinski definition) is 1. The van der Waals surface area contributed by atoms with Gasteiger partial charge in [0.1, 0.15) is 0 Å². The summed E-state index contributed by atoms with van der Waals surface area (Å²) in [6, 6.07) is 3.96. The molecular weight excluding hydrogens is 310 g/mol. The van der Waals surface area contributed by atoms with Crippen LogP contribution in [0.15, 0.2) is 22.9 Å². The lowest BCUT2D eigenvalue weighted by Gasteiger charge is -2.00. The van der Waals surface area contributed by atoms with Gasteiger partial charge in [0.25, 0.3) is 5.91 Å². The second-order valence-electron chi connectivity index (χ2n) is 4.17. The maximum atomic E-state index is 12.2. The monoisotopic (exact) mass is 321 g/mol. The molecule has 3 rings (SSSR count). The van der Waals surface area contributed by atoms with Crippen molar-refractivity contribution >= 4 is 45.0 Å².